The molecule has 0 radical (unpaired) electrons. The standard InChI is InChI=1S/C4H7O7P/c5-3-10-1-4(6)2-11-12(7,8)9/h3H,1-2H2,(H2,7,8,9)/p-2. The van der Waals surface area contributed by atoms with E-state index >= 15 is 0 Å². The third-order valence-corrected chi connectivity index (χ3v) is 1.14. The van der Waals surface area contributed by atoms with Gasteiger partial charge in [0, 0.05) is 0 Å². The third kappa shape index (κ3) is 7.36. The first-order valence-electron chi connectivity index (χ1n) is 2.69. The molecule has 0 aromatic rings. The van der Waals surface area contributed by atoms with Crippen molar-refractivity contribution in [2.45, 2.75) is 0 Å². The highest BCUT2D eigenvalue weighted by atomic mass is 31.2. The summed E-state index contributed by atoms with van der Waals surface area (Å²) in [5.41, 5.74) is 0. The van der Waals surface area contributed by atoms with Crippen LogP contribution in [0, 0.1) is 0 Å². The van der Waals surface area contributed by atoms with Crippen LogP contribution in [0.5, 0.6) is 0 Å². The molecule has 0 atom stereocenters. The summed E-state index contributed by atoms with van der Waals surface area (Å²) in [7, 11) is -5.12. The minimum Gasteiger partial charge on any atom is -0.790 e. The SMILES string of the molecule is O=COCC(=O)COP(=O)([O-])[O-]. The number of ketones is 1. The van der Waals surface area contributed by atoms with Gasteiger partial charge in [0.05, 0.1) is 7.82 Å². The Labute approximate surface area is 67.5 Å². The van der Waals surface area contributed by atoms with Crippen LogP contribution in [0.15, 0.2) is 0 Å². The van der Waals surface area contributed by atoms with E-state index in [1.54, 1.807) is 0 Å². The van der Waals surface area contributed by atoms with E-state index in [0.29, 0.717) is 0 Å². The minimum absolute atomic E-state index is 0.0197. The monoisotopic (exact) mass is 196 g/mol. The maximum absolute atomic E-state index is 10.4. The van der Waals surface area contributed by atoms with Crippen LogP contribution in [-0.2, 0) is 23.4 Å². The molecule has 0 N–H and O–H groups in total. The van der Waals surface area contributed by atoms with Gasteiger partial charge >= 0.3 is 0 Å². The fourth-order valence-electron chi connectivity index (χ4n) is 0.320. The van der Waals surface area contributed by atoms with Crippen LogP contribution >= 0.6 is 7.82 Å². The summed E-state index contributed by atoms with van der Waals surface area (Å²) < 4.78 is 17.3. The Morgan fingerprint density at radius 1 is 1.42 bits per heavy atom. The van der Waals surface area contributed by atoms with Crippen LogP contribution in [0.25, 0.3) is 0 Å². The Kier molecular flexibility index (Phi) is 4.68. The number of rotatable bonds is 6. The average Bonchev–Trinajstić information content (AvgIpc) is 1.95. The molecule has 0 bridgehead atoms. The van der Waals surface area contributed by atoms with Crippen molar-refractivity contribution in [3.63, 3.8) is 0 Å². The van der Waals surface area contributed by atoms with E-state index in [2.05, 4.69) is 9.26 Å². The van der Waals surface area contributed by atoms with Crippen molar-refractivity contribution in [2.75, 3.05) is 13.2 Å². The summed E-state index contributed by atoms with van der Waals surface area (Å²) >= 11 is 0. The van der Waals surface area contributed by atoms with Crippen molar-refractivity contribution in [2.24, 2.45) is 0 Å². The van der Waals surface area contributed by atoms with Gasteiger partial charge in [-0.1, -0.05) is 0 Å². The van der Waals surface area contributed by atoms with Crippen molar-refractivity contribution in [3.05, 3.63) is 0 Å². The lowest BCUT2D eigenvalue weighted by molar-refractivity contribution is -0.341. The highest BCUT2D eigenvalue weighted by Crippen LogP contribution is 2.23. The maximum Gasteiger partial charge on any atom is 0.293 e. The maximum atomic E-state index is 10.4. The second-order valence-electron chi connectivity index (χ2n) is 1.67. The highest BCUT2D eigenvalue weighted by molar-refractivity contribution is 7.43. The van der Waals surface area contributed by atoms with E-state index < -0.39 is 26.8 Å². The number of Topliss-reactive ketones (excluding diaryl/α,β-unsaturated/α-hetero) is 1. The van der Waals surface area contributed by atoms with Gasteiger partial charge in [-0.05, 0) is 0 Å². The first-order chi connectivity index (χ1) is 5.45. The zero-order chi connectivity index (χ0) is 9.61. The summed E-state index contributed by atoms with van der Waals surface area (Å²) in [4.78, 5) is 39.6. The van der Waals surface area contributed by atoms with E-state index in [1.165, 1.54) is 0 Å². The van der Waals surface area contributed by atoms with Gasteiger partial charge in [-0.25, -0.2) is 0 Å². The number of phosphoric acid groups is 1. The number of ether oxygens (including phenoxy) is 1. The quantitative estimate of drug-likeness (QED) is 0.342. The predicted molar refractivity (Wildman–Crippen MR) is 30.6 cm³/mol. The molecule has 0 aliphatic rings. The van der Waals surface area contributed by atoms with Gasteiger partial charge < -0.3 is 23.6 Å². The molecule has 70 valence electrons. The molecule has 0 saturated carbocycles. The van der Waals surface area contributed by atoms with Crippen molar-refractivity contribution in [3.8, 4) is 0 Å². The molecule has 12 heavy (non-hydrogen) atoms. The Morgan fingerprint density at radius 2 is 2.00 bits per heavy atom. The first-order valence-corrected chi connectivity index (χ1v) is 4.15. The largest absolute Gasteiger partial charge is 0.790 e. The molecule has 7 nitrogen and oxygen atoms in total. The topological polar surface area (TPSA) is 116 Å². The second kappa shape index (κ2) is 5.00. The summed E-state index contributed by atoms with van der Waals surface area (Å²) in [5.74, 6) is -0.811. The molecular formula is C4H5O7P-2. The van der Waals surface area contributed by atoms with Gasteiger partial charge in [0.2, 0.25) is 0 Å². The van der Waals surface area contributed by atoms with Gasteiger partial charge in [-0.3, -0.25) is 9.59 Å². The Balaban J connectivity index is 3.58. The van der Waals surface area contributed by atoms with Crippen LogP contribution in [0.4, 0.5) is 0 Å². The van der Waals surface area contributed by atoms with Gasteiger partial charge in [0.15, 0.2) is 12.4 Å². The van der Waals surface area contributed by atoms with Gasteiger partial charge in [0.1, 0.15) is 6.61 Å². The Bertz CT molecular complexity index is 205. The molecule has 0 saturated heterocycles. The van der Waals surface area contributed by atoms with E-state index in [4.69, 9.17) is 0 Å². The zero-order valence-electron chi connectivity index (χ0n) is 5.80. The molecular weight excluding hydrogens is 191 g/mol. The molecule has 0 aliphatic carbocycles. The van der Waals surface area contributed by atoms with Crippen LogP contribution < -0.4 is 9.79 Å². The van der Waals surface area contributed by atoms with Gasteiger partial charge in [-0.15, -0.1) is 0 Å². The molecule has 0 spiro atoms. The van der Waals surface area contributed by atoms with E-state index in [-0.39, 0.29) is 6.47 Å². The van der Waals surface area contributed by atoms with Crippen LogP contribution in [0.1, 0.15) is 0 Å². The molecule has 0 amide bonds. The first kappa shape index (κ1) is 11.2. The van der Waals surface area contributed by atoms with E-state index in [9.17, 15) is 23.9 Å². The molecule has 0 rings (SSSR count). The van der Waals surface area contributed by atoms with Crippen molar-refractivity contribution >= 4 is 20.1 Å². The lowest BCUT2D eigenvalue weighted by Gasteiger charge is -2.27. The summed E-state index contributed by atoms with van der Waals surface area (Å²) in [6, 6.07) is 0. The summed E-state index contributed by atoms with van der Waals surface area (Å²) in [5, 5.41) is 0. The Hall–Kier alpha value is -0.750. The van der Waals surface area contributed by atoms with Gasteiger partial charge in [-0.2, -0.15) is 0 Å². The second-order valence-corrected chi connectivity index (χ2v) is 2.82. The molecule has 0 fully saturated rings. The number of hydrogen-bond acceptors (Lipinski definition) is 7. The van der Waals surface area contributed by atoms with Gasteiger partial charge in [0.25, 0.3) is 6.47 Å². The molecule has 0 heterocycles. The van der Waals surface area contributed by atoms with Crippen molar-refractivity contribution in [1.29, 1.82) is 0 Å². The van der Waals surface area contributed by atoms with Crippen molar-refractivity contribution in [1.82, 2.24) is 0 Å². The molecule has 0 aromatic carbocycles. The fraction of sp³-hybridized carbons (Fsp3) is 0.500. The molecule has 8 heteroatoms. The predicted octanol–water partition coefficient (Wildman–Crippen LogP) is -2.43. The molecule has 0 aromatic heterocycles. The third-order valence-electron chi connectivity index (χ3n) is 0.696. The normalized spacial score (nSPS) is 10.8. The molecule has 0 aliphatic heterocycles. The van der Waals surface area contributed by atoms with Crippen molar-refractivity contribution < 1.29 is 33.2 Å². The number of hydrogen-bond donors (Lipinski definition) is 0. The van der Waals surface area contributed by atoms with E-state index in [1.807, 2.05) is 0 Å². The summed E-state index contributed by atoms with van der Waals surface area (Å²) in [6.45, 7) is -1.49. The fourth-order valence-corrected chi connectivity index (χ4v) is 0.622. The lowest BCUT2D eigenvalue weighted by Crippen LogP contribution is -2.21. The molecule has 0 unspecified atom stereocenters. The van der Waals surface area contributed by atoms with E-state index in [0.717, 1.165) is 0 Å². The number of phosphoric ester groups is 1. The van der Waals surface area contributed by atoms with Crippen LogP contribution in [0.2, 0.25) is 0 Å². The summed E-state index contributed by atoms with van der Waals surface area (Å²) in [6.07, 6.45) is 0. The zero-order valence-corrected chi connectivity index (χ0v) is 6.69. The minimum atomic E-state index is -5.12. The smallest absolute Gasteiger partial charge is 0.293 e. The van der Waals surface area contributed by atoms with Crippen LogP contribution in [0.3, 0.4) is 0 Å². The number of carbonyl (C=O) groups excluding carboxylic acids is 2. The highest BCUT2D eigenvalue weighted by Gasteiger charge is 2.02. The average molecular weight is 196 g/mol. The lowest BCUT2D eigenvalue weighted by atomic mass is 10.5. The Morgan fingerprint density at radius 3 is 2.42 bits per heavy atom. The number of carbonyl (C=O) groups is 2. The van der Waals surface area contributed by atoms with Crippen LogP contribution in [-0.4, -0.2) is 25.5 Å².